The molecule has 0 aromatic carbocycles. The van der Waals surface area contributed by atoms with Crippen molar-refractivity contribution in [3.05, 3.63) is 0 Å². The van der Waals surface area contributed by atoms with Crippen molar-refractivity contribution in [1.29, 1.82) is 0 Å². The highest BCUT2D eigenvalue weighted by Gasteiger charge is 2.46. The van der Waals surface area contributed by atoms with Crippen molar-refractivity contribution in [3.63, 3.8) is 0 Å². The van der Waals surface area contributed by atoms with Crippen molar-refractivity contribution in [3.8, 4) is 0 Å². The smallest absolute Gasteiger partial charge is 0.310 e. The largest absolute Gasteiger partial charge is 0.466 e. The minimum absolute atomic E-state index is 0.00488. The normalized spacial score (nSPS) is 34.7. The van der Waals surface area contributed by atoms with Crippen molar-refractivity contribution < 1.29 is 19.1 Å². The fourth-order valence-electron chi connectivity index (χ4n) is 3.07. The van der Waals surface area contributed by atoms with Gasteiger partial charge >= 0.3 is 11.9 Å². The summed E-state index contributed by atoms with van der Waals surface area (Å²) in [4.78, 5) is 24.1. The molecule has 110 valence electrons. The van der Waals surface area contributed by atoms with Crippen molar-refractivity contribution in [2.45, 2.75) is 46.7 Å². The zero-order chi connectivity index (χ0) is 14.6. The van der Waals surface area contributed by atoms with Crippen LogP contribution in [0.4, 0.5) is 0 Å². The molecule has 1 fully saturated rings. The Morgan fingerprint density at radius 3 is 1.58 bits per heavy atom. The van der Waals surface area contributed by atoms with Crippen LogP contribution in [-0.4, -0.2) is 37.2 Å². The quantitative estimate of drug-likeness (QED) is 0.782. The number of hydrogen-bond acceptors (Lipinski definition) is 5. The third kappa shape index (κ3) is 3.47. The van der Waals surface area contributed by atoms with Gasteiger partial charge in [-0.05, 0) is 33.6 Å². The van der Waals surface area contributed by atoms with Crippen LogP contribution in [0.5, 0.6) is 0 Å². The van der Waals surface area contributed by atoms with Crippen LogP contribution >= 0.6 is 0 Å². The predicted octanol–water partition coefficient (Wildman–Crippen LogP) is 1.36. The van der Waals surface area contributed by atoms with Crippen LogP contribution in [0, 0.1) is 17.8 Å². The summed E-state index contributed by atoms with van der Waals surface area (Å²) in [6.07, 6.45) is 0. The van der Waals surface area contributed by atoms with Crippen LogP contribution in [0.15, 0.2) is 0 Å². The topological polar surface area (TPSA) is 64.6 Å². The van der Waals surface area contributed by atoms with Gasteiger partial charge in [0.25, 0.3) is 0 Å². The highest BCUT2D eigenvalue weighted by Crippen LogP contribution is 2.33. The minimum atomic E-state index is -0.314. The van der Waals surface area contributed by atoms with Gasteiger partial charge in [-0.1, -0.05) is 6.92 Å². The van der Waals surface area contributed by atoms with E-state index >= 15 is 0 Å². The number of carbonyl (C=O) groups excluding carboxylic acids is 2. The Morgan fingerprint density at radius 2 is 1.26 bits per heavy atom. The molecule has 5 nitrogen and oxygen atoms in total. The molecule has 1 aliphatic heterocycles. The summed E-state index contributed by atoms with van der Waals surface area (Å²) in [7, 11) is 0. The lowest BCUT2D eigenvalue weighted by Gasteiger charge is -2.42. The van der Waals surface area contributed by atoms with Gasteiger partial charge in [0.15, 0.2) is 0 Å². The van der Waals surface area contributed by atoms with E-state index in [1.165, 1.54) is 0 Å². The lowest BCUT2D eigenvalue weighted by atomic mass is 9.72. The van der Waals surface area contributed by atoms with Crippen LogP contribution in [0.3, 0.4) is 0 Å². The zero-order valence-electron chi connectivity index (χ0n) is 12.4. The molecule has 0 aliphatic carbocycles. The van der Waals surface area contributed by atoms with Crippen LogP contribution in [-0.2, 0) is 19.1 Å². The molecule has 0 spiro atoms. The molecular formula is C14H25NO4. The van der Waals surface area contributed by atoms with E-state index < -0.39 is 0 Å². The first-order valence-electron chi connectivity index (χ1n) is 7.03. The van der Waals surface area contributed by atoms with Gasteiger partial charge in [-0.2, -0.15) is 0 Å². The van der Waals surface area contributed by atoms with Gasteiger partial charge in [-0.3, -0.25) is 9.59 Å². The molecular weight excluding hydrogens is 246 g/mol. The summed E-state index contributed by atoms with van der Waals surface area (Å²) < 4.78 is 10.2. The summed E-state index contributed by atoms with van der Waals surface area (Å²) in [5, 5.41) is 3.29. The van der Waals surface area contributed by atoms with Crippen LogP contribution in [0.2, 0.25) is 0 Å². The number of nitrogens with one attached hydrogen (secondary N) is 1. The average molecular weight is 271 g/mol. The Bertz CT molecular complexity index is 301. The standard InChI is InChI=1S/C14H25NO4/c1-6-18-13(16)11-8(3)12(14(17)19-7-2)10(5)15-9(11)4/h8-12,15H,6-7H2,1-5H3. The van der Waals surface area contributed by atoms with Gasteiger partial charge in [0, 0.05) is 12.1 Å². The molecule has 1 saturated heterocycles. The zero-order valence-corrected chi connectivity index (χ0v) is 12.4. The lowest BCUT2D eigenvalue weighted by Crippen LogP contribution is -2.58. The van der Waals surface area contributed by atoms with Gasteiger partial charge in [0.1, 0.15) is 0 Å². The van der Waals surface area contributed by atoms with E-state index in [1.54, 1.807) is 13.8 Å². The fraction of sp³-hybridized carbons (Fsp3) is 0.857. The Hall–Kier alpha value is -1.10. The average Bonchev–Trinajstić information content (AvgIpc) is 2.28. The van der Waals surface area contributed by atoms with E-state index in [0.29, 0.717) is 13.2 Å². The monoisotopic (exact) mass is 271 g/mol. The first-order chi connectivity index (χ1) is 8.93. The highest BCUT2D eigenvalue weighted by atomic mass is 16.5. The third-order valence-corrected chi connectivity index (χ3v) is 3.85. The number of carbonyl (C=O) groups is 2. The van der Waals surface area contributed by atoms with Crippen molar-refractivity contribution in [2.24, 2.45) is 17.8 Å². The molecule has 5 heteroatoms. The van der Waals surface area contributed by atoms with Gasteiger partial charge in [-0.15, -0.1) is 0 Å². The first-order valence-corrected chi connectivity index (χ1v) is 7.03. The molecule has 0 radical (unpaired) electrons. The summed E-state index contributed by atoms with van der Waals surface area (Å²) in [6.45, 7) is 10.1. The Morgan fingerprint density at radius 1 is 0.895 bits per heavy atom. The van der Waals surface area contributed by atoms with E-state index in [1.807, 2.05) is 20.8 Å². The van der Waals surface area contributed by atoms with Crippen LogP contribution < -0.4 is 5.32 Å². The number of hydrogen-bond donors (Lipinski definition) is 1. The van der Waals surface area contributed by atoms with Gasteiger partial charge in [0.2, 0.25) is 0 Å². The summed E-state index contributed by atoms with van der Waals surface area (Å²) in [5.41, 5.74) is 0. The van der Waals surface area contributed by atoms with E-state index in [4.69, 9.17) is 9.47 Å². The predicted molar refractivity (Wildman–Crippen MR) is 71.5 cm³/mol. The van der Waals surface area contributed by atoms with Crippen LogP contribution in [0.25, 0.3) is 0 Å². The lowest BCUT2D eigenvalue weighted by molar-refractivity contribution is -0.160. The molecule has 0 bridgehead atoms. The maximum atomic E-state index is 12.0. The highest BCUT2D eigenvalue weighted by molar-refractivity contribution is 5.78. The third-order valence-electron chi connectivity index (χ3n) is 3.85. The van der Waals surface area contributed by atoms with Crippen molar-refractivity contribution >= 4 is 11.9 Å². The molecule has 4 atom stereocenters. The second-order valence-electron chi connectivity index (χ2n) is 5.16. The van der Waals surface area contributed by atoms with Gasteiger partial charge in [-0.25, -0.2) is 0 Å². The molecule has 0 aromatic heterocycles. The molecule has 1 aliphatic rings. The number of esters is 2. The van der Waals surface area contributed by atoms with E-state index in [-0.39, 0.29) is 41.8 Å². The molecule has 0 saturated carbocycles. The van der Waals surface area contributed by atoms with Crippen molar-refractivity contribution in [2.75, 3.05) is 13.2 Å². The second-order valence-corrected chi connectivity index (χ2v) is 5.16. The Kier molecular flexibility index (Phi) is 5.79. The van der Waals surface area contributed by atoms with Gasteiger partial charge in [0.05, 0.1) is 25.0 Å². The molecule has 1 rings (SSSR count). The number of piperidine rings is 1. The molecule has 1 heterocycles. The minimum Gasteiger partial charge on any atom is -0.466 e. The maximum Gasteiger partial charge on any atom is 0.310 e. The first kappa shape index (κ1) is 16.0. The molecule has 1 N–H and O–H groups in total. The number of rotatable bonds is 4. The maximum absolute atomic E-state index is 12.0. The Labute approximate surface area is 115 Å². The van der Waals surface area contributed by atoms with Gasteiger partial charge < -0.3 is 14.8 Å². The SMILES string of the molecule is CCOC(=O)C1C(C)NC(C)C(C(=O)OCC)C1C. The summed E-state index contributed by atoms with van der Waals surface area (Å²) >= 11 is 0. The molecule has 4 unspecified atom stereocenters. The molecule has 0 aromatic rings. The van der Waals surface area contributed by atoms with Crippen molar-refractivity contribution in [1.82, 2.24) is 5.32 Å². The summed E-state index contributed by atoms with van der Waals surface area (Å²) in [6, 6.07) is -0.00977. The molecule has 19 heavy (non-hydrogen) atoms. The van der Waals surface area contributed by atoms with E-state index in [2.05, 4.69) is 5.32 Å². The molecule has 0 amide bonds. The van der Waals surface area contributed by atoms with Crippen LogP contribution in [0.1, 0.15) is 34.6 Å². The second kappa shape index (κ2) is 6.89. The fourth-order valence-corrected chi connectivity index (χ4v) is 3.07. The summed E-state index contributed by atoms with van der Waals surface area (Å²) in [5.74, 6) is -1.20. The van der Waals surface area contributed by atoms with E-state index in [0.717, 1.165) is 0 Å². The Balaban J connectivity index is 2.89. The number of ether oxygens (including phenoxy) is 2. The van der Waals surface area contributed by atoms with E-state index in [9.17, 15) is 9.59 Å².